The summed E-state index contributed by atoms with van der Waals surface area (Å²) in [7, 11) is -0.285. The van der Waals surface area contributed by atoms with Crippen LogP contribution in [0.2, 0.25) is 0 Å². The van der Waals surface area contributed by atoms with Crippen molar-refractivity contribution in [1.82, 2.24) is 5.32 Å². The molecule has 0 bridgehead atoms. The number of ether oxygens (including phenoxy) is 2. The van der Waals surface area contributed by atoms with Gasteiger partial charge in [0.15, 0.2) is 9.84 Å². The number of hydrogen-bond acceptors (Lipinski definition) is 5. The van der Waals surface area contributed by atoms with Crippen molar-refractivity contribution in [3.8, 4) is 11.5 Å². The van der Waals surface area contributed by atoms with Crippen molar-refractivity contribution in [1.29, 1.82) is 0 Å². The molecule has 0 amide bonds. The van der Waals surface area contributed by atoms with Gasteiger partial charge in [-0.05, 0) is 19.9 Å². The van der Waals surface area contributed by atoms with Crippen LogP contribution in [0, 0.1) is 0 Å². The van der Waals surface area contributed by atoms with E-state index in [0.29, 0.717) is 11.5 Å². The Morgan fingerprint density at radius 3 is 2.60 bits per heavy atom. The lowest BCUT2D eigenvalue weighted by atomic mass is 9.93. The molecule has 0 saturated carbocycles. The molecule has 1 aromatic rings. The molecule has 0 spiro atoms. The van der Waals surface area contributed by atoms with Gasteiger partial charge in [-0.25, -0.2) is 8.42 Å². The molecule has 1 heterocycles. The first-order chi connectivity index (χ1) is 9.46. The molecule has 2 rings (SSSR count). The standard InChI is InChI=1S/C14H21NO4S/c1-5-20(16,17)12-8-11(18-3)10-6-7-15-9(2)13(10)14(12)19-4/h8-9,15H,5-7H2,1-4H3. The molecular formula is C14H21NO4S. The third-order valence-corrected chi connectivity index (χ3v) is 5.48. The largest absolute Gasteiger partial charge is 0.496 e. The normalized spacial score (nSPS) is 18.5. The second-order valence-electron chi connectivity index (χ2n) is 4.83. The van der Waals surface area contributed by atoms with E-state index in [1.54, 1.807) is 20.1 Å². The summed E-state index contributed by atoms with van der Waals surface area (Å²) in [6.45, 7) is 4.47. The van der Waals surface area contributed by atoms with Crippen molar-refractivity contribution < 1.29 is 17.9 Å². The van der Waals surface area contributed by atoms with Crippen LogP contribution in [0.5, 0.6) is 11.5 Å². The summed E-state index contributed by atoms with van der Waals surface area (Å²) in [4.78, 5) is 0.216. The summed E-state index contributed by atoms with van der Waals surface area (Å²) >= 11 is 0. The fourth-order valence-electron chi connectivity index (χ4n) is 2.69. The van der Waals surface area contributed by atoms with E-state index >= 15 is 0 Å². The third kappa shape index (κ3) is 2.38. The van der Waals surface area contributed by atoms with E-state index in [1.165, 1.54) is 7.11 Å². The third-order valence-electron chi connectivity index (χ3n) is 3.75. The SMILES string of the molecule is CCS(=O)(=O)c1cc(OC)c2c(c1OC)C(C)NCC2. The van der Waals surface area contributed by atoms with Crippen molar-refractivity contribution in [2.75, 3.05) is 26.5 Å². The van der Waals surface area contributed by atoms with Crippen LogP contribution in [0.25, 0.3) is 0 Å². The number of rotatable bonds is 4. The van der Waals surface area contributed by atoms with Gasteiger partial charge < -0.3 is 14.8 Å². The molecule has 0 radical (unpaired) electrons. The van der Waals surface area contributed by atoms with Crippen LogP contribution in [-0.4, -0.2) is 34.9 Å². The minimum atomic E-state index is -3.36. The van der Waals surface area contributed by atoms with E-state index in [0.717, 1.165) is 24.1 Å². The molecule has 0 fully saturated rings. The van der Waals surface area contributed by atoms with Gasteiger partial charge in [-0.3, -0.25) is 0 Å². The Morgan fingerprint density at radius 2 is 2.05 bits per heavy atom. The molecule has 6 heteroatoms. The van der Waals surface area contributed by atoms with Gasteiger partial charge in [-0.1, -0.05) is 6.92 Å². The van der Waals surface area contributed by atoms with Gasteiger partial charge in [0.25, 0.3) is 0 Å². The lowest BCUT2D eigenvalue weighted by Crippen LogP contribution is -2.29. The van der Waals surface area contributed by atoms with E-state index in [9.17, 15) is 8.42 Å². The summed E-state index contributed by atoms with van der Waals surface area (Å²) < 4.78 is 35.4. The molecule has 1 atom stereocenters. The summed E-state index contributed by atoms with van der Waals surface area (Å²) in [5.41, 5.74) is 1.93. The summed E-state index contributed by atoms with van der Waals surface area (Å²) in [6.07, 6.45) is 0.797. The Hall–Kier alpha value is -1.27. The number of hydrogen-bond donors (Lipinski definition) is 1. The van der Waals surface area contributed by atoms with E-state index in [4.69, 9.17) is 9.47 Å². The van der Waals surface area contributed by atoms with E-state index < -0.39 is 9.84 Å². The van der Waals surface area contributed by atoms with Gasteiger partial charge in [0.1, 0.15) is 16.4 Å². The monoisotopic (exact) mass is 299 g/mol. The van der Waals surface area contributed by atoms with Crippen LogP contribution in [0.4, 0.5) is 0 Å². The topological polar surface area (TPSA) is 64.6 Å². The molecular weight excluding hydrogens is 278 g/mol. The summed E-state index contributed by atoms with van der Waals surface area (Å²) in [6, 6.07) is 1.63. The minimum absolute atomic E-state index is 0.0348. The summed E-state index contributed by atoms with van der Waals surface area (Å²) in [5, 5.41) is 3.33. The Bertz CT molecular complexity index is 610. The Labute approximate surface area is 120 Å². The maximum Gasteiger partial charge on any atom is 0.181 e. The predicted octanol–water partition coefficient (Wildman–Crippen LogP) is 1.70. The summed E-state index contributed by atoms with van der Waals surface area (Å²) in [5.74, 6) is 1.11. The van der Waals surface area contributed by atoms with E-state index in [-0.39, 0.29) is 16.7 Å². The molecule has 1 N–H and O–H groups in total. The van der Waals surface area contributed by atoms with Crippen molar-refractivity contribution in [3.05, 3.63) is 17.2 Å². The zero-order valence-corrected chi connectivity index (χ0v) is 13.1. The average Bonchev–Trinajstić information content (AvgIpc) is 2.45. The number of benzene rings is 1. The lowest BCUT2D eigenvalue weighted by Gasteiger charge is -2.28. The maximum absolute atomic E-state index is 12.3. The quantitative estimate of drug-likeness (QED) is 0.917. The smallest absolute Gasteiger partial charge is 0.181 e. The fourth-order valence-corrected chi connectivity index (χ4v) is 3.76. The van der Waals surface area contributed by atoms with Crippen molar-refractivity contribution in [3.63, 3.8) is 0 Å². The van der Waals surface area contributed by atoms with Gasteiger partial charge in [0, 0.05) is 23.2 Å². The van der Waals surface area contributed by atoms with Crippen molar-refractivity contribution in [2.24, 2.45) is 0 Å². The maximum atomic E-state index is 12.3. The highest BCUT2D eigenvalue weighted by molar-refractivity contribution is 7.91. The molecule has 0 aliphatic carbocycles. The first-order valence-corrected chi connectivity index (χ1v) is 8.35. The van der Waals surface area contributed by atoms with Gasteiger partial charge in [-0.15, -0.1) is 0 Å². The van der Waals surface area contributed by atoms with Gasteiger partial charge in [0.2, 0.25) is 0 Å². The highest BCUT2D eigenvalue weighted by Gasteiger charge is 2.30. The van der Waals surface area contributed by atoms with Crippen LogP contribution in [0.15, 0.2) is 11.0 Å². The molecule has 0 aromatic heterocycles. The van der Waals surface area contributed by atoms with Crippen molar-refractivity contribution >= 4 is 9.84 Å². The van der Waals surface area contributed by atoms with E-state index in [1.807, 2.05) is 6.92 Å². The predicted molar refractivity (Wildman–Crippen MR) is 77.4 cm³/mol. The molecule has 1 unspecified atom stereocenters. The van der Waals surface area contributed by atoms with Crippen molar-refractivity contribution in [2.45, 2.75) is 31.2 Å². The van der Waals surface area contributed by atoms with E-state index in [2.05, 4.69) is 5.32 Å². The first-order valence-electron chi connectivity index (χ1n) is 6.70. The second kappa shape index (κ2) is 5.61. The average molecular weight is 299 g/mol. The second-order valence-corrected chi connectivity index (χ2v) is 7.08. The van der Waals surface area contributed by atoms with Crippen LogP contribution >= 0.6 is 0 Å². The van der Waals surface area contributed by atoms with Gasteiger partial charge in [0.05, 0.1) is 20.0 Å². The van der Waals surface area contributed by atoms with Crippen LogP contribution in [0.1, 0.15) is 31.0 Å². The zero-order chi connectivity index (χ0) is 14.9. The molecule has 0 saturated heterocycles. The molecule has 5 nitrogen and oxygen atoms in total. The Balaban J connectivity index is 2.81. The number of fused-ring (bicyclic) bond motifs is 1. The number of sulfone groups is 1. The lowest BCUT2D eigenvalue weighted by molar-refractivity contribution is 0.369. The molecule has 1 aromatic carbocycles. The van der Waals surface area contributed by atoms with Gasteiger partial charge >= 0.3 is 0 Å². The zero-order valence-electron chi connectivity index (χ0n) is 12.3. The fraction of sp³-hybridized carbons (Fsp3) is 0.571. The Kier molecular flexibility index (Phi) is 4.25. The van der Waals surface area contributed by atoms with Crippen LogP contribution in [0.3, 0.4) is 0 Å². The molecule has 20 heavy (non-hydrogen) atoms. The number of methoxy groups -OCH3 is 2. The minimum Gasteiger partial charge on any atom is -0.496 e. The highest BCUT2D eigenvalue weighted by Crippen LogP contribution is 2.42. The first kappa shape index (κ1) is 15.1. The molecule has 112 valence electrons. The number of nitrogens with one attached hydrogen (secondary N) is 1. The molecule has 1 aliphatic heterocycles. The van der Waals surface area contributed by atoms with Crippen LogP contribution < -0.4 is 14.8 Å². The van der Waals surface area contributed by atoms with Gasteiger partial charge in [-0.2, -0.15) is 0 Å². The molecule has 1 aliphatic rings. The highest BCUT2D eigenvalue weighted by atomic mass is 32.2. The Morgan fingerprint density at radius 1 is 1.35 bits per heavy atom. The van der Waals surface area contributed by atoms with Crippen LogP contribution in [-0.2, 0) is 16.3 Å².